The lowest BCUT2D eigenvalue weighted by Crippen LogP contribution is -2.17. The van der Waals surface area contributed by atoms with E-state index in [-0.39, 0.29) is 23.5 Å². The van der Waals surface area contributed by atoms with Crippen LogP contribution in [-0.4, -0.2) is 26.4 Å². The number of benzene rings is 2. The van der Waals surface area contributed by atoms with Crippen LogP contribution < -0.4 is 10.1 Å². The first-order valence-electron chi connectivity index (χ1n) is 10.1. The highest BCUT2D eigenvalue weighted by Crippen LogP contribution is 2.29. The molecule has 31 heavy (non-hydrogen) atoms. The molecule has 0 saturated carbocycles. The molecule has 6 nitrogen and oxygen atoms in total. The third-order valence-corrected chi connectivity index (χ3v) is 5.87. The summed E-state index contributed by atoms with van der Waals surface area (Å²) in [5.41, 5.74) is 2.98. The minimum absolute atomic E-state index is 0.0428. The maximum atomic E-state index is 14.0. The topological polar surface area (TPSA) is 69.0 Å². The Kier molecular flexibility index (Phi) is 7.33. The van der Waals surface area contributed by atoms with Gasteiger partial charge in [-0.05, 0) is 63.9 Å². The Bertz CT molecular complexity index is 1070. The van der Waals surface area contributed by atoms with E-state index in [4.69, 9.17) is 4.74 Å². The van der Waals surface area contributed by atoms with E-state index in [0.29, 0.717) is 11.0 Å². The molecule has 8 heteroatoms. The summed E-state index contributed by atoms with van der Waals surface area (Å²) in [6.07, 6.45) is -0.509. The minimum atomic E-state index is -0.509. The number of nitrogens with zero attached hydrogens (tertiary/aromatic N) is 3. The zero-order valence-electron chi connectivity index (χ0n) is 18.3. The first-order valence-corrected chi connectivity index (χ1v) is 11.1. The molecule has 3 rings (SSSR count). The van der Waals surface area contributed by atoms with E-state index in [1.807, 2.05) is 50.5 Å². The van der Waals surface area contributed by atoms with Gasteiger partial charge in [-0.2, -0.15) is 0 Å². The number of anilines is 1. The first kappa shape index (κ1) is 22.8. The van der Waals surface area contributed by atoms with Gasteiger partial charge in [0.2, 0.25) is 5.91 Å². The summed E-state index contributed by atoms with van der Waals surface area (Å²) in [6, 6.07) is 12.1. The molecule has 0 aliphatic rings. The van der Waals surface area contributed by atoms with E-state index in [9.17, 15) is 9.18 Å². The Morgan fingerprint density at radius 3 is 2.58 bits per heavy atom. The number of carbonyl (C=O) groups is 1. The van der Waals surface area contributed by atoms with Crippen LogP contribution in [0.2, 0.25) is 0 Å². The van der Waals surface area contributed by atoms with Crippen LogP contribution in [0.4, 0.5) is 10.1 Å². The Balaban J connectivity index is 1.71. The molecule has 0 fully saturated rings. The molecule has 3 aromatic rings. The van der Waals surface area contributed by atoms with Gasteiger partial charge in [0.1, 0.15) is 0 Å². The smallest absolute Gasteiger partial charge is 0.234 e. The molecule has 0 aliphatic heterocycles. The normalized spacial score (nSPS) is 12.1. The number of para-hydroxylation sites is 1. The van der Waals surface area contributed by atoms with Crippen LogP contribution in [0, 0.1) is 19.7 Å². The highest BCUT2D eigenvalue weighted by Gasteiger charge is 2.23. The summed E-state index contributed by atoms with van der Waals surface area (Å²) in [4.78, 5) is 12.5. The van der Waals surface area contributed by atoms with Crippen LogP contribution in [0.5, 0.6) is 5.75 Å². The van der Waals surface area contributed by atoms with Crippen LogP contribution in [0.3, 0.4) is 0 Å². The number of hydrogen-bond donors (Lipinski definition) is 1. The van der Waals surface area contributed by atoms with E-state index < -0.39 is 11.9 Å². The number of thioether (sulfide) groups is 1. The molecule has 0 saturated heterocycles. The predicted octanol–water partition coefficient (Wildman–Crippen LogP) is 5.49. The van der Waals surface area contributed by atoms with Crippen molar-refractivity contribution in [3.63, 3.8) is 0 Å². The Morgan fingerprint density at radius 2 is 1.87 bits per heavy atom. The number of aryl methyl sites for hydroxylation is 1. The van der Waals surface area contributed by atoms with Gasteiger partial charge >= 0.3 is 0 Å². The highest BCUT2D eigenvalue weighted by molar-refractivity contribution is 7.99. The molecule has 1 N–H and O–H groups in total. The van der Waals surface area contributed by atoms with E-state index in [2.05, 4.69) is 15.5 Å². The molecule has 0 aliphatic carbocycles. The van der Waals surface area contributed by atoms with Crippen molar-refractivity contribution in [2.24, 2.45) is 0 Å². The molecule has 0 bridgehead atoms. The fourth-order valence-electron chi connectivity index (χ4n) is 3.14. The monoisotopic (exact) mass is 442 g/mol. The summed E-state index contributed by atoms with van der Waals surface area (Å²) in [6.45, 7) is 9.80. The van der Waals surface area contributed by atoms with E-state index in [1.54, 1.807) is 25.1 Å². The number of amides is 1. The van der Waals surface area contributed by atoms with Crippen LogP contribution in [-0.2, 0) is 4.79 Å². The predicted molar refractivity (Wildman–Crippen MR) is 121 cm³/mol. The second-order valence-electron chi connectivity index (χ2n) is 7.58. The number of rotatable bonds is 8. The number of aromatic nitrogens is 3. The summed E-state index contributed by atoms with van der Waals surface area (Å²) in [5, 5.41) is 12.1. The summed E-state index contributed by atoms with van der Waals surface area (Å²) in [7, 11) is 0. The molecule has 0 radical (unpaired) electrons. The van der Waals surface area contributed by atoms with Gasteiger partial charge in [0.25, 0.3) is 0 Å². The van der Waals surface area contributed by atoms with Crippen molar-refractivity contribution in [2.45, 2.75) is 51.9 Å². The second kappa shape index (κ2) is 9.96. The fraction of sp³-hybridized carbons (Fsp3) is 0.348. The van der Waals surface area contributed by atoms with Gasteiger partial charge in [-0.3, -0.25) is 4.79 Å². The van der Waals surface area contributed by atoms with Crippen molar-refractivity contribution in [3.05, 3.63) is 65.2 Å². The Labute approximate surface area is 186 Å². The molecule has 1 unspecified atom stereocenters. The third-order valence-electron chi connectivity index (χ3n) is 4.92. The van der Waals surface area contributed by atoms with Gasteiger partial charge in [0, 0.05) is 11.7 Å². The van der Waals surface area contributed by atoms with Crippen molar-refractivity contribution in [1.82, 2.24) is 14.8 Å². The van der Waals surface area contributed by atoms with Crippen LogP contribution in [0.15, 0.2) is 47.6 Å². The van der Waals surface area contributed by atoms with Crippen molar-refractivity contribution in [1.29, 1.82) is 0 Å². The van der Waals surface area contributed by atoms with E-state index in [1.165, 1.54) is 17.8 Å². The fourth-order valence-corrected chi connectivity index (χ4v) is 4.01. The van der Waals surface area contributed by atoms with E-state index in [0.717, 1.165) is 16.8 Å². The van der Waals surface area contributed by atoms with Gasteiger partial charge in [-0.15, -0.1) is 10.2 Å². The quantitative estimate of drug-likeness (QED) is 0.468. The zero-order valence-corrected chi connectivity index (χ0v) is 19.2. The average Bonchev–Trinajstić information content (AvgIpc) is 3.16. The lowest BCUT2D eigenvalue weighted by Gasteiger charge is -2.19. The standard InChI is InChI=1S/C23H27FN4O2S/c1-14(2)28-22(17(5)30-20-12-7-6-10-18(20)24)26-27-23(28)31-13-21(29)25-19-11-8-9-15(3)16(19)4/h6-12,14,17H,13H2,1-5H3,(H,25,29). The van der Waals surface area contributed by atoms with Gasteiger partial charge in [0.05, 0.1) is 5.75 Å². The van der Waals surface area contributed by atoms with Crippen LogP contribution >= 0.6 is 11.8 Å². The molecule has 0 spiro atoms. The molecular weight excluding hydrogens is 415 g/mol. The maximum absolute atomic E-state index is 14.0. The number of carbonyl (C=O) groups excluding carboxylic acids is 1. The lowest BCUT2D eigenvalue weighted by atomic mass is 10.1. The zero-order chi connectivity index (χ0) is 22.5. The van der Waals surface area contributed by atoms with E-state index >= 15 is 0 Å². The number of nitrogens with one attached hydrogen (secondary N) is 1. The number of halogens is 1. The average molecular weight is 443 g/mol. The summed E-state index contributed by atoms with van der Waals surface area (Å²) < 4.78 is 21.7. The van der Waals surface area contributed by atoms with Crippen molar-refractivity contribution < 1.29 is 13.9 Å². The molecule has 164 valence electrons. The largest absolute Gasteiger partial charge is 0.480 e. The Hall–Kier alpha value is -2.87. The third kappa shape index (κ3) is 5.44. The first-order chi connectivity index (χ1) is 14.8. The second-order valence-corrected chi connectivity index (χ2v) is 8.52. The SMILES string of the molecule is Cc1cccc(NC(=O)CSc2nnc(C(C)Oc3ccccc3F)n2C(C)C)c1C. The van der Waals surface area contributed by atoms with Crippen molar-refractivity contribution in [2.75, 3.05) is 11.1 Å². The molecule has 1 atom stereocenters. The van der Waals surface area contributed by atoms with Gasteiger partial charge in [0.15, 0.2) is 28.7 Å². The van der Waals surface area contributed by atoms with Crippen LogP contribution in [0.1, 0.15) is 49.9 Å². The summed E-state index contributed by atoms with van der Waals surface area (Å²) in [5.74, 6) is 0.392. The van der Waals surface area contributed by atoms with Gasteiger partial charge < -0.3 is 14.6 Å². The minimum Gasteiger partial charge on any atom is -0.480 e. The van der Waals surface area contributed by atoms with Crippen LogP contribution in [0.25, 0.3) is 0 Å². The molecule has 1 heterocycles. The molecule has 1 aromatic heterocycles. The number of ether oxygens (including phenoxy) is 1. The lowest BCUT2D eigenvalue weighted by molar-refractivity contribution is -0.113. The van der Waals surface area contributed by atoms with Crippen molar-refractivity contribution in [3.8, 4) is 5.75 Å². The van der Waals surface area contributed by atoms with Crippen molar-refractivity contribution >= 4 is 23.4 Å². The molecule has 2 aromatic carbocycles. The van der Waals surface area contributed by atoms with Gasteiger partial charge in [-0.1, -0.05) is 36.0 Å². The van der Waals surface area contributed by atoms with Gasteiger partial charge in [-0.25, -0.2) is 4.39 Å². The Morgan fingerprint density at radius 1 is 1.13 bits per heavy atom. The number of hydrogen-bond acceptors (Lipinski definition) is 5. The maximum Gasteiger partial charge on any atom is 0.234 e. The highest BCUT2D eigenvalue weighted by atomic mass is 32.2. The molecular formula is C23H27FN4O2S. The molecule has 1 amide bonds. The summed E-state index contributed by atoms with van der Waals surface area (Å²) >= 11 is 1.31.